The number of carbonyl (C=O) groups excluding carboxylic acids is 2. The monoisotopic (exact) mass is 426 g/mol. The van der Waals surface area contributed by atoms with Gasteiger partial charge in [-0.3, -0.25) is 9.59 Å². The van der Waals surface area contributed by atoms with E-state index in [0.717, 1.165) is 44.9 Å². The second-order valence-electron chi connectivity index (χ2n) is 10.0. The maximum Gasteiger partial charge on any atom is 0.305 e. The van der Waals surface area contributed by atoms with Crippen molar-refractivity contribution in [3.63, 3.8) is 0 Å². The number of hydrogen-bond acceptors (Lipinski definition) is 4. The van der Waals surface area contributed by atoms with Crippen LogP contribution in [0.4, 0.5) is 0 Å². The molecule has 0 amide bonds. The molecule has 0 fully saturated rings. The molecule has 0 N–H and O–H groups in total. The summed E-state index contributed by atoms with van der Waals surface area (Å²) >= 11 is 0. The van der Waals surface area contributed by atoms with Crippen molar-refractivity contribution >= 4 is 11.9 Å². The molecule has 0 aliphatic heterocycles. The molecular weight excluding hydrogens is 376 g/mol. The van der Waals surface area contributed by atoms with Gasteiger partial charge in [-0.1, -0.05) is 92.4 Å². The van der Waals surface area contributed by atoms with Crippen molar-refractivity contribution in [2.45, 2.75) is 131 Å². The van der Waals surface area contributed by atoms with Crippen LogP contribution < -0.4 is 0 Å². The van der Waals surface area contributed by atoms with Gasteiger partial charge in [0.2, 0.25) is 0 Å². The zero-order valence-corrected chi connectivity index (χ0v) is 20.7. The van der Waals surface area contributed by atoms with Gasteiger partial charge in [0, 0.05) is 18.8 Å². The summed E-state index contributed by atoms with van der Waals surface area (Å²) in [5, 5.41) is 0. The molecule has 0 saturated heterocycles. The first-order valence-electron chi connectivity index (χ1n) is 12.6. The second kappa shape index (κ2) is 18.7. The lowest BCUT2D eigenvalue weighted by molar-refractivity contribution is -0.149. The molecule has 0 spiro atoms. The van der Waals surface area contributed by atoms with Crippen molar-refractivity contribution < 1.29 is 19.1 Å². The van der Waals surface area contributed by atoms with Gasteiger partial charge in [0.05, 0.1) is 13.2 Å². The van der Waals surface area contributed by atoms with Crippen LogP contribution in [0.25, 0.3) is 0 Å². The van der Waals surface area contributed by atoms with Crippen LogP contribution >= 0.6 is 0 Å². The molecule has 0 aliphatic rings. The molecule has 0 unspecified atom stereocenters. The number of esters is 2. The Hall–Kier alpha value is -1.06. The highest BCUT2D eigenvalue weighted by Gasteiger charge is 2.17. The number of rotatable bonds is 19. The quantitative estimate of drug-likeness (QED) is 0.157. The first-order chi connectivity index (χ1) is 14.3. The van der Waals surface area contributed by atoms with Crippen LogP contribution in [0.5, 0.6) is 0 Å². The largest absolute Gasteiger partial charge is 0.465 e. The molecule has 0 radical (unpaired) electrons. The van der Waals surface area contributed by atoms with Crippen molar-refractivity contribution in [2.24, 2.45) is 11.3 Å². The molecule has 30 heavy (non-hydrogen) atoms. The number of hydrogen-bond donors (Lipinski definition) is 0. The van der Waals surface area contributed by atoms with Crippen molar-refractivity contribution in [2.75, 3.05) is 13.2 Å². The van der Waals surface area contributed by atoms with Gasteiger partial charge in [0.25, 0.3) is 0 Å². The maximum atomic E-state index is 12.0. The Morgan fingerprint density at radius 1 is 0.667 bits per heavy atom. The van der Waals surface area contributed by atoms with Crippen LogP contribution in [0.2, 0.25) is 0 Å². The average Bonchev–Trinajstić information content (AvgIpc) is 2.68. The number of carbonyl (C=O) groups is 2. The molecule has 0 bridgehead atoms. The van der Waals surface area contributed by atoms with E-state index in [1.54, 1.807) is 0 Å². The summed E-state index contributed by atoms with van der Waals surface area (Å²) in [6.45, 7) is 11.8. The summed E-state index contributed by atoms with van der Waals surface area (Å²) in [6.07, 6.45) is 15.3. The van der Waals surface area contributed by atoms with E-state index >= 15 is 0 Å². The van der Waals surface area contributed by atoms with Crippen LogP contribution in [0.1, 0.15) is 131 Å². The number of ether oxygens (including phenoxy) is 2. The fraction of sp³-hybridized carbons (Fsp3) is 0.923. The molecule has 178 valence electrons. The zero-order chi connectivity index (χ0) is 22.7. The highest BCUT2D eigenvalue weighted by atomic mass is 16.5. The van der Waals surface area contributed by atoms with Gasteiger partial charge < -0.3 is 9.47 Å². The third-order valence-corrected chi connectivity index (χ3v) is 5.47. The lowest BCUT2D eigenvalue weighted by atomic mass is 9.88. The third kappa shape index (κ3) is 20.2. The minimum absolute atomic E-state index is 0.0976. The van der Waals surface area contributed by atoms with E-state index in [2.05, 4.69) is 34.6 Å². The van der Waals surface area contributed by atoms with Gasteiger partial charge in [-0.05, 0) is 31.1 Å². The smallest absolute Gasteiger partial charge is 0.305 e. The van der Waals surface area contributed by atoms with Crippen molar-refractivity contribution in [1.29, 1.82) is 0 Å². The zero-order valence-electron chi connectivity index (χ0n) is 20.7. The Balaban J connectivity index is 4.23. The summed E-state index contributed by atoms with van der Waals surface area (Å²) in [4.78, 5) is 24.1. The van der Waals surface area contributed by atoms with E-state index in [1.807, 2.05) is 0 Å². The van der Waals surface area contributed by atoms with Gasteiger partial charge in [-0.15, -0.1) is 0 Å². The van der Waals surface area contributed by atoms with Gasteiger partial charge in [0.15, 0.2) is 0 Å². The Kier molecular flexibility index (Phi) is 18.0. The Morgan fingerprint density at radius 3 is 1.50 bits per heavy atom. The van der Waals surface area contributed by atoms with Gasteiger partial charge in [0.1, 0.15) is 0 Å². The molecule has 0 aliphatic carbocycles. The fourth-order valence-electron chi connectivity index (χ4n) is 3.45. The van der Waals surface area contributed by atoms with Gasteiger partial charge in [-0.2, -0.15) is 0 Å². The summed E-state index contributed by atoms with van der Waals surface area (Å²) in [5.41, 5.74) is 0.287. The van der Waals surface area contributed by atoms with Crippen LogP contribution in [0, 0.1) is 11.3 Å². The van der Waals surface area contributed by atoms with Gasteiger partial charge >= 0.3 is 11.9 Å². The Morgan fingerprint density at radius 2 is 1.10 bits per heavy atom. The predicted molar refractivity (Wildman–Crippen MR) is 125 cm³/mol. The molecule has 4 nitrogen and oxygen atoms in total. The topological polar surface area (TPSA) is 52.6 Å². The molecule has 0 aromatic heterocycles. The highest BCUT2D eigenvalue weighted by molar-refractivity contribution is 5.69. The summed E-state index contributed by atoms with van der Waals surface area (Å²) in [5.74, 6) is -0.135. The molecule has 4 heteroatoms. The van der Waals surface area contributed by atoms with Crippen LogP contribution in [-0.4, -0.2) is 25.2 Å². The highest BCUT2D eigenvalue weighted by Crippen LogP contribution is 2.24. The third-order valence-electron chi connectivity index (χ3n) is 5.47. The Bertz CT molecular complexity index is 395. The molecule has 0 rings (SSSR count). The predicted octanol–water partition coefficient (Wildman–Crippen LogP) is 7.63. The van der Waals surface area contributed by atoms with Gasteiger partial charge in [-0.25, -0.2) is 0 Å². The Labute approximate surface area is 186 Å². The van der Waals surface area contributed by atoms with E-state index in [1.165, 1.54) is 38.5 Å². The summed E-state index contributed by atoms with van der Waals surface area (Å²) in [6, 6.07) is 0. The maximum absolute atomic E-state index is 12.0. The summed E-state index contributed by atoms with van der Waals surface area (Å²) in [7, 11) is 0. The summed E-state index contributed by atoms with van der Waals surface area (Å²) < 4.78 is 11.0. The molecule has 0 saturated carbocycles. The van der Waals surface area contributed by atoms with E-state index in [-0.39, 0.29) is 23.3 Å². The molecule has 0 aromatic carbocycles. The minimum atomic E-state index is -0.116. The van der Waals surface area contributed by atoms with Crippen molar-refractivity contribution in [1.82, 2.24) is 0 Å². The molecule has 0 atom stereocenters. The molecule has 0 aromatic rings. The molecule has 0 heterocycles. The average molecular weight is 427 g/mol. The van der Waals surface area contributed by atoms with E-state index in [9.17, 15) is 9.59 Å². The minimum Gasteiger partial charge on any atom is -0.465 e. The lowest BCUT2D eigenvalue weighted by Gasteiger charge is -2.21. The SMILES string of the molecule is CCCCCCCC(=O)OCC(CCCC(C)(C)C)COC(=O)CCCCCCC. The first kappa shape index (κ1) is 28.9. The number of unbranched alkanes of at least 4 members (excludes halogenated alkanes) is 8. The lowest BCUT2D eigenvalue weighted by Crippen LogP contribution is -2.21. The van der Waals surface area contributed by atoms with Crippen LogP contribution in [0.15, 0.2) is 0 Å². The van der Waals surface area contributed by atoms with E-state index in [4.69, 9.17) is 9.47 Å². The van der Waals surface area contributed by atoms with Crippen LogP contribution in [0.3, 0.4) is 0 Å². The molecular formula is C26H50O4. The first-order valence-corrected chi connectivity index (χ1v) is 12.6. The van der Waals surface area contributed by atoms with E-state index < -0.39 is 0 Å². The normalized spacial score (nSPS) is 11.7. The van der Waals surface area contributed by atoms with Crippen LogP contribution in [-0.2, 0) is 19.1 Å². The fourth-order valence-corrected chi connectivity index (χ4v) is 3.45. The van der Waals surface area contributed by atoms with Crippen molar-refractivity contribution in [3.8, 4) is 0 Å². The standard InChI is InChI=1S/C26H50O4/c1-6-8-10-12-14-18-24(27)29-21-23(17-16-20-26(3,4)5)22-30-25(28)19-15-13-11-9-7-2/h23H,6-22H2,1-5H3. The second-order valence-corrected chi connectivity index (χ2v) is 10.0. The van der Waals surface area contributed by atoms with E-state index in [0.29, 0.717) is 26.1 Å². The van der Waals surface area contributed by atoms with Crippen molar-refractivity contribution in [3.05, 3.63) is 0 Å².